The van der Waals surface area contributed by atoms with Crippen LogP contribution in [0.2, 0.25) is 0 Å². The van der Waals surface area contributed by atoms with Crippen LogP contribution >= 0.6 is 11.3 Å². The molecule has 3 amide bonds. The molecule has 1 aromatic rings. The molecule has 0 unspecified atom stereocenters. The first-order valence-corrected chi connectivity index (χ1v) is 10.5. The molecule has 6 nitrogen and oxygen atoms in total. The van der Waals surface area contributed by atoms with Gasteiger partial charge < -0.3 is 15.5 Å². The van der Waals surface area contributed by atoms with Crippen LogP contribution in [-0.4, -0.2) is 42.3 Å². The summed E-state index contributed by atoms with van der Waals surface area (Å²) in [5.74, 6) is 0.0286. The van der Waals surface area contributed by atoms with E-state index in [4.69, 9.17) is 0 Å². The molecule has 0 aromatic carbocycles. The second-order valence-electron chi connectivity index (χ2n) is 8.13. The minimum atomic E-state index is -0.481. The number of nitrogens with one attached hydrogen (secondary N) is 2. The number of thiophene rings is 1. The van der Waals surface area contributed by atoms with Gasteiger partial charge in [-0.15, -0.1) is 11.3 Å². The zero-order valence-electron chi connectivity index (χ0n) is 16.8. The molecule has 0 radical (unpaired) electrons. The molecule has 7 heteroatoms. The lowest BCUT2D eigenvalue weighted by atomic mass is 9.96. The van der Waals surface area contributed by atoms with E-state index in [1.165, 1.54) is 11.3 Å². The topological polar surface area (TPSA) is 78.5 Å². The van der Waals surface area contributed by atoms with Crippen LogP contribution in [0.3, 0.4) is 0 Å². The van der Waals surface area contributed by atoms with E-state index in [-0.39, 0.29) is 17.7 Å². The molecule has 1 aromatic heterocycles. The van der Waals surface area contributed by atoms with Gasteiger partial charge in [-0.1, -0.05) is 27.2 Å². The van der Waals surface area contributed by atoms with Crippen LogP contribution in [0, 0.1) is 12.3 Å². The SMILES string of the molecule is Cc1cc(NC(=O)C(C)(C)C)sc1C(=O)NCCCN1CCCCCC1=O. The lowest BCUT2D eigenvalue weighted by molar-refractivity contribution is -0.130. The highest BCUT2D eigenvalue weighted by atomic mass is 32.1. The van der Waals surface area contributed by atoms with Crippen molar-refractivity contribution in [3.63, 3.8) is 0 Å². The zero-order valence-corrected chi connectivity index (χ0v) is 17.6. The summed E-state index contributed by atoms with van der Waals surface area (Å²) in [7, 11) is 0. The Balaban J connectivity index is 1.82. The van der Waals surface area contributed by atoms with Gasteiger partial charge in [-0.25, -0.2) is 0 Å². The maximum absolute atomic E-state index is 12.4. The first kappa shape index (κ1) is 21.4. The maximum Gasteiger partial charge on any atom is 0.261 e. The van der Waals surface area contributed by atoms with Gasteiger partial charge in [0, 0.05) is 31.5 Å². The van der Waals surface area contributed by atoms with E-state index < -0.39 is 5.41 Å². The van der Waals surface area contributed by atoms with E-state index in [9.17, 15) is 14.4 Å². The summed E-state index contributed by atoms with van der Waals surface area (Å²) in [6.45, 7) is 9.48. The predicted molar refractivity (Wildman–Crippen MR) is 109 cm³/mol. The number of carbonyl (C=O) groups excluding carboxylic acids is 3. The van der Waals surface area contributed by atoms with E-state index in [1.807, 2.05) is 38.7 Å². The van der Waals surface area contributed by atoms with Gasteiger partial charge >= 0.3 is 0 Å². The molecule has 27 heavy (non-hydrogen) atoms. The fraction of sp³-hybridized carbons (Fsp3) is 0.650. The molecule has 150 valence electrons. The molecule has 0 saturated carbocycles. The number of hydrogen-bond acceptors (Lipinski definition) is 4. The van der Waals surface area contributed by atoms with Crippen LogP contribution in [-0.2, 0) is 9.59 Å². The van der Waals surface area contributed by atoms with Gasteiger partial charge in [0.1, 0.15) is 0 Å². The van der Waals surface area contributed by atoms with Crippen molar-refractivity contribution in [3.8, 4) is 0 Å². The molecule has 1 aliphatic rings. The van der Waals surface area contributed by atoms with Crippen molar-refractivity contribution in [3.05, 3.63) is 16.5 Å². The first-order chi connectivity index (χ1) is 12.7. The molecule has 1 aliphatic heterocycles. The molecule has 0 spiro atoms. The lowest BCUT2D eigenvalue weighted by Gasteiger charge is -2.20. The highest BCUT2D eigenvalue weighted by Gasteiger charge is 2.23. The van der Waals surface area contributed by atoms with Crippen LogP contribution in [0.4, 0.5) is 5.00 Å². The Morgan fingerprint density at radius 3 is 2.67 bits per heavy atom. The summed E-state index contributed by atoms with van der Waals surface area (Å²) < 4.78 is 0. The van der Waals surface area contributed by atoms with Crippen LogP contribution in [0.15, 0.2) is 6.07 Å². The molecule has 0 aliphatic carbocycles. The van der Waals surface area contributed by atoms with Crippen molar-refractivity contribution in [2.45, 2.75) is 59.8 Å². The number of carbonyl (C=O) groups is 3. The van der Waals surface area contributed by atoms with Gasteiger partial charge in [0.2, 0.25) is 11.8 Å². The largest absolute Gasteiger partial charge is 0.351 e. The fourth-order valence-electron chi connectivity index (χ4n) is 2.90. The number of hydrogen-bond donors (Lipinski definition) is 2. The van der Waals surface area contributed by atoms with Crippen molar-refractivity contribution in [1.82, 2.24) is 10.2 Å². The van der Waals surface area contributed by atoms with Crippen molar-refractivity contribution in [1.29, 1.82) is 0 Å². The Hall–Kier alpha value is -1.89. The van der Waals surface area contributed by atoms with E-state index in [0.29, 0.717) is 29.4 Å². The number of anilines is 1. The van der Waals surface area contributed by atoms with Gasteiger partial charge in [-0.05, 0) is 37.8 Å². The third-order valence-corrected chi connectivity index (χ3v) is 5.75. The first-order valence-electron chi connectivity index (χ1n) is 9.66. The third kappa shape index (κ3) is 6.34. The van der Waals surface area contributed by atoms with Gasteiger partial charge in [-0.3, -0.25) is 14.4 Å². The van der Waals surface area contributed by atoms with Crippen LogP contribution in [0.25, 0.3) is 0 Å². The number of amides is 3. The third-order valence-electron chi connectivity index (χ3n) is 4.60. The molecule has 2 rings (SSSR count). The normalized spacial score (nSPS) is 15.4. The standard InChI is InChI=1S/C20H31N3O3S/c1-14-13-15(22-19(26)20(2,3)4)27-17(14)18(25)21-10-8-12-23-11-7-5-6-9-16(23)24/h13H,5-12H2,1-4H3,(H,21,25)(H,22,26). The minimum Gasteiger partial charge on any atom is -0.351 e. The van der Waals surface area contributed by atoms with E-state index in [0.717, 1.165) is 37.8 Å². The van der Waals surface area contributed by atoms with Crippen molar-refractivity contribution >= 4 is 34.1 Å². The Kier molecular flexibility index (Phi) is 7.41. The zero-order chi connectivity index (χ0) is 20.0. The average Bonchev–Trinajstić information content (AvgIpc) is 2.82. The predicted octanol–water partition coefficient (Wildman–Crippen LogP) is 3.56. The fourth-order valence-corrected chi connectivity index (χ4v) is 3.88. The second-order valence-corrected chi connectivity index (χ2v) is 9.18. The Labute approximate surface area is 165 Å². The van der Waals surface area contributed by atoms with Crippen LogP contribution < -0.4 is 10.6 Å². The molecule has 2 N–H and O–H groups in total. The van der Waals surface area contributed by atoms with Crippen molar-refractivity contribution in [2.75, 3.05) is 25.0 Å². The lowest BCUT2D eigenvalue weighted by Crippen LogP contribution is -2.33. The second kappa shape index (κ2) is 9.35. The number of aryl methyl sites for hydroxylation is 1. The quantitative estimate of drug-likeness (QED) is 0.725. The Morgan fingerprint density at radius 1 is 1.22 bits per heavy atom. The molecule has 0 bridgehead atoms. The summed E-state index contributed by atoms with van der Waals surface area (Å²) in [6.07, 6.45) is 4.55. The molecule has 1 saturated heterocycles. The monoisotopic (exact) mass is 393 g/mol. The summed E-state index contributed by atoms with van der Waals surface area (Å²) in [4.78, 5) is 39.0. The minimum absolute atomic E-state index is 0.0715. The molecule has 2 heterocycles. The molecule has 1 fully saturated rings. The van der Waals surface area contributed by atoms with Gasteiger partial charge in [-0.2, -0.15) is 0 Å². The van der Waals surface area contributed by atoms with Crippen LogP contribution in [0.1, 0.15) is 68.1 Å². The van der Waals surface area contributed by atoms with Crippen molar-refractivity contribution < 1.29 is 14.4 Å². The van der Waals surface area contributed by atoms with Gasteiger partial charge in [0.05, 0.1) is 9.88 Å². The maximum atomic E-state index is 12.4. The van der Waals surface area contributed by atoms with Gasteiger partial charge in [0.25, 0.3) is 5.91 Å². The van der Waals surface area contributed by atoms with Gasteiger partial charge in [0.15, 0.2) is 0 Å². The number of likely N-dealkylation sites (tertiary alicyclic amines) is 1. The summed E-state index contributed by atoms with van der Waals surface area (Å²) in [6, 6.07) is 1.83. The summed E-state index contributed by atoms with van der Waals surface area (Å²) in [5.41, 5.74) is 0.370. The Morgan fingerprint density at radius 2 is 1.96 bits per heavy atom. The average molecular weight is 394 g/mol. The molecular formula is C20H31N3O3S. The summed E-state index contributed by atoms with van der Waals surface area (Å²) in [5, 5.41) is 6.49. The summed E-state index contributed by atoms with van der Waals surface area (Å²) >= 11 is 1.29. The van der Waals surface area contributed by atoms with E-state index in [1.54, 1.807) is 0 Å². The highest BCUT2D eigenvalue weighted by Crippen LogP contribution is 2.28. The smallest absolute Gasteiger partial charge is 0.261 e. The number of nitrogens with zero attached hydrogens (tertiary/aromatic N) is 1. The van der Waals surface area contributed by atoms with Crippen molar-refractivity contribution in [2.24, 2.45) is 5.41 Å². The van der Waals surface area contributed by atoms with Crippen LogP contribution in [0.5, 0.6) is 0 Å². The van der Waals surface area contributed by atoms with E-state index in [2.05, 4.69) is 10.6 Å². The van der Waals surface area contributed by atoms with E-state index >= 15 is 0 Å². The Bertz CT molecular complexity index is 691. The highest BCUT2D eigenvalue weighted by molar-refractivity contribution is 7.18. The molecular weight excluding hydrogens is 362 g/mol. The number of rotatable bonds is 6. The molecule has 0 atom stereocenters.